The van der Waals surface area contributed by atoms with Gasteiger partial charge in [-0.15, -0.1) is 50.9 Å². The van der Waals surface area contributed by atoms with Crippen LogP contribution in [-0.2, 0) is 19.8 Å². The summed E-state index contributed by atoms with van der Waals surface area (Å²) in [7, 11) is 0. The number of nitrogens with zero attached hydrogens (tertiary/aromatic N) is 5. The second-order valence-corrected chi connectivity index (χ2v) is 8.63. The Hall–Kier alpha value is 0.136. The van der Waals surface area contributed by atoms with Crippen molar-refractivity contribution in [1.82, 2.24) is 5.32 Å². The van der Waals surface area contributed by atoms with Crippen molar-refractivity contribution in [2.75, 3.05) is 45.9 Å². The van der Waals surface area contributed by atoms with Gasteiger partial charge in [0.25, 0.3) is 0 Å². The van der Waals surface area contributed by atoms with Crippen LogP contribution in [0.5, 0.6) is 0 Å². The van der Waals surface area contributed by atoms with Gasteiger partial charge < -0.3 is 31.9 Å². The summed E-state index contributed by atoms with van der Waals surface area (Å²) in [6, 6.07) is 2.12. The van der Waals surface area contributed by atoms with Crippen molar-refractivity contribution < 1.29 is 19.8 Å². The predicted octanol–water partition coefficient (Wildman–Crippen LogP) is 5.37. The normalized spacial score (nSPS) is 33.9. The van der Waals surface area contributed by atoms with Crippen LogP contribution in [0, 0.1) is 0 Å². The Balaban J connectivity index is 0.000000170. The second kappa shape index (κ2) is 16.7. The second-order valence-electron chi connectivity index (χ2n) is 8.63. The molecule has 1 N–H and O–H groups in total. The molecule has 0 spiro atoms. The van der Waals surface area contributed by atoms with E-state index in [2.05, 4.69) is 44.1 Å². The number of piperidine rings is 3. The molecular formula is C23H41N6Os+2. The van der Waals surface area contributed by atoms with Crippen LogP contribution < -0.4 is 5.32 Å². The van der Waals surface area contributed by atoms with Crippen LogP contribution in [0.2, 0.25) is 0 Å². The molecule has 5 aliphatic rings. The summed E-state index contributed by atoms with van der Waals surface area (Å²) in [6.07, 6.45) is 17.5. The third-order valence-electron chi connectivity index (χ3n) is 6.29. The fourth-order valence-electron chi connectivity index (χ4n) is 4.59. The van der Waals surface area contributed by atoms with Crippen molar-refractivity contribution in [3.8, 4) is 0 Å². The minimum absolute atomic E-state index is 0. The van der Waals surface area contributed by atoms with Crippen molar-refractivity contribution in [1.29, 1.82) is 0 Å². The Morgan fingerprint density at radius 1 is 0.633 bits per heavy atom. The van der Waals surface area contributed by atoms with Gasteiger partial charge in [-0.05, 0) is 6.54 Å². The average molecular weight is 592 g/mol. The molecule has 4 saturated heterocycles. The predicted molar refractivity (Wildman–Crippen MR) is 124 cm³/mol. The molecule has 0 aromatic carbocycles. The van der Waals surface area contributed by atoms with Gasteiger partial charge in [-0.2, -0.15) is 12.1 Å². The zero-order chi connectivity index (χ0) is 20.0. The number of rotatable bonds is 2. The van der Waals surface area contributed by atoms with Gasteiger partial charge in [0.15, 0.2) is 0 Å². The summed E-state index contributed by atoms with van der Waals surface area (Å²) < 4.78 is 0. The largest absolute Gasteiger partial charge is 7.00 e. The summed E-state index contributed by atoms with van der Waals surface area (Å²) in [4.78, 5) is 0. The van der Waals surface area contributed by atoms with Gasteiger partial charge >= 0.3 is 19.8 Å². The molecule has 6 nitrogen and oxygen atoms in total. The average Bonchev–Trinajstić information content (AvgIpc) is 3.42. The summed E-state index contributed by atoms with van der Waals surface area (Å²) >= 11 is 0. The zero-order valence-electron chi connectivity index (χ0n) is 18.6. The Morgan fingerprint density at radius 3 is 1.60 bits per heavy atom. The van der Waals surface area contributed by atoms with Crippen molar-refractivity contribution in [3.05, 3.63) is 38.7 Å². The van der Waals surface area contributed by atoms with Crippen molar-refractivity contribution in [2.45, 2.75) is 88.4 Å². The molecule has 0 saturated carbocycles. The fourth-order valence-corrected chi connectivity index (χ4v) is 4.59. The molecule has 0 aromatic heterocycles. The molecule has 5 heterocycles. The van der Waals surface area contributed by atoms with E-state index in [1.54, 1.807) is 0 Å². The van der Waals surface area contributed by atoms with E-state index in [9.17, 15) is 0 Å². The molecule has 1 radical (unpaired) electrons. The molecule has 5 rings (SSSR count). The third-order valence-corrected chi connectivity index (χ3v) is 6.29. The van der Waals surface area contributed by atoms with E-state index in [4.69, 9.17) is 0 Å². The molecule has 0 bridgehead atoms. The summed E-state index contributed by atoms with van der Waals surface area (Å²) in [5.41, 5.74) is 0. The first kappa shape index (κ1) is 26.4. The van der Waals surface area contributed by atoms with Crippen LogP contribution in [0.15, 0.2) is 12.2 Å². The van der Waals surface area contributed by atoms with Crippen LogP contribution in [0.1, 0.15) is 64.2 Å². The standard InChI is InChI=1S/C10H18N2.C10H16N2.C3H7N2.Os/c2*1-3-7-11-9(5-1)10-6-2-4-8-12-10;1-2-5-3-4-1;/h9-10H,1-8H2;1,5,9-10H,2-4,6-8H2;4H,1-3H2;/q2*-2;-1;+7. The van der Waals surface area contributed by atoms with Crippen molar-refractivity contribution in [3.63, 3.8) is 0 Å². The molecule has 4 unspecified atom stereocenters. The number of hydrogen-bond donors (Lipinski definition) is 1. The Kier molecular flexibility index (Phi) is 14.7. The Morgan fingerprint density at radius 2 is 1.23 bits per heavy atom. The van der Waals surface area contributed by atoms with Crippen molar-refractivity contribution >= 4 is 0 Å². The summed E-state index contributed by atoms with van der Waals surface area (Å²) in [5.74, 6) is 0. The van der Waals surface area contributed by atoms with Gasteiger partial charge in [0, 0.05) is 0 Å². The van der Waals surface area contributed by atoms with Crippen LogP contribution in [0.3, 0.4) is 0 Å². The van der Waals surface area contributed by atoms with E-state index in [0.717, 1.165) is 52.4 Å². The van der Waals surface area contributed by atoms with Gasteiger partial charge in [-0.25, -0.2) is 0 Å². The van der Waals surface area contributed by atoms with E-state index in [1.807, 2.05) is 0 Å². The maximum absolute atomic E-state index is 4.66. The Bertz CT molecular complexity index is 404. The van der Waals surface area contributed by atoms with Gasteiger partial charge in [0.1, 0.15) is 0 Å². The SMILES string of the molecule is C1=CC(C2CCCC[N-]2)[N-]CC1.C1CCC(C2CCCC[N-]2)[N-]C1.C1CNC[N-]1.[Os+7]. The van der Waals surface area contributed by atoms with Crippen molar-refractivity contribution in [2.24, 2.45) is 0 Å². The van der Waals surface area contributed by atoms with Gasteiger partial charge in [-0.3, -0.25) is 0 Å². The first-order chi connectivity index (χ1) is 14.4. The quantitative estimate of drug-likeness (QED) is 0.431. The van der Waals surface area contributed by atoms with E-state index in [0.29, 0.717) is 24.2 Å². The van der Waals surface area contributed by atoms with Crippen LogP contribution >= 0.6 is 0 Å². The monoisotopic (exact) mass is 593 g/mol. The van der Waals surface area contributed by atoms with Crippen LogP contribution in [0.25, 0.3) is 26.6 Å². The topological polar surface area (TPSA) is 82.5 Å². The number of nitrogens with one attached hydrogen (secondary N) is 1. The molecule has 0 amide bonds. The van der Waals surface area contributed by atoms with Gasteiger partial charge in [0.05, 0.1) is 0 Å². The molecule has 169 valence electrons. The van der Waals surface area contributed by atoms with E-state index < -0.39 is 0 Å². The zero-order valence-corrected chi connectivity index (χ0v) is 21.1. The van der Waals surface area contributed by atoms with Gasteiger partial charge in [0.2, 0.25) is 0 Å². The number of hydrogen-bond acceptors (Lipinski definition) is 1. The molecule has 4 fully saturated rings. The molecule has 7 heteroatoms. The minimum Gasteiger partial charge on any atom is -0.661 e. The van der Waals surface area contributed by atoms with E-state index >= 15 is 0 Å². The van der Waals surface area contributed by atoms with Crippen LogP contribution in [-0.4, -0.2) is 70.1 Å². The van der Waals surface area contributed by atoms with Crippen LogP contribution in [0.4, 0.5) is 0 Å². The molecule has 5 aliphatic heterocycles. The first-order valence-corrected chi connectivity index (χ1v) is 12.1. The third kappa shape index (κ3) is 10.2. The van der Waals surface area contributed by atoms with E-state index in [-0.39, 0.29) is 19.8 Å². The summed E-state index contributed by atoms with van der Waals surface area (Å²) in [5, 5.41) is 25.5. The molecule has 4 atom stereocenters. The summed E-state index contributed by atoms with van der Waals surface area (Å²) in [6.45, 7) is 7.23. The molecule has 30 heavy (non-hydrogen) atoms. The smallest absolute Gasteiger partial charge is 0.661 e. The molecular weight excluding hydrogens is 551 g/mol. The molecule has 0 aliphatic carbocycles. The van der Waals surface area contributed by atoms with Gasteiger partial charge in [-0.1, -0.05) is 77.0 Å². The minimum atomic E-state index is 0. The van der Waals surface area contributed by atoms with E-state index in [1.165, 1.54) is 57.8 Å². The maximum Gasteiger partial charge on any atom is 7.00 e. The molecule has 0 aromatic rings. The maximum atomic E-state index is 4.66. The first-order valence-electron chi connectivity index (χ1n) is 12.1. The Labute approximate surface area is 198 Å². The fraction of sp³-hybridized carbons (Fsp3) is 0.913.